The summed E-state index contributed by atoms with van der Waals surface area (Å²) >= 11 is 0. The number of nitrogens with two attached hydrogens (primary N) is 1. The third-order valence-electron chi connectivity index (χ3n) is 3.46. The molecule has 0 aliphatic rings. The van der Waals surface area contributed by atoms with Crippen molar-refractivity contribution in [1.29, 1.82) is 0 Å². The van der Waals surface area contributed by atoms with Gasteiger partial charge in [0.2, 0.25) is 11.7 Å². The number of aliphatic hydroxyl groups is 1. The average molecular weight is 338 g/mol. The van der Waals surface area contributed by atoms with Crippen molar-refractivity contribution in [1.82, 2.24) is 19.5 Å². The maximum absolute atomic E-state index is 12.7. The Morgan fingerprint density at radius 3 is 2.72 bits per heavy atom. The van der Waals surface area contributed by atoms with E-state index in [2.05, 4.69) is 20.3 Å². The zero-order valence-electron chi connectivity index (χ0n) is 13.6. The first-order valence-corrected chi connectivity index (χ1v) is 7.73. The summed E-state index contributed by atoms with van der Waals surface area (Å²) in [5.41, 5.74) is 6.74. The van der Waals surface area contributed by atoms with E-state index in [1.54, 1.807) is 54.2 Å². The second kappa shape index (κ2) is 7.10. The van der Waals surface area contributed by atoms with E-state index in [-0.39, 0.29) is 11.6 Å². The van der Waals surface area contributed by atoms with Gasteiger partial charge < -0.3 is 16.2 Å². The molecule has 3 aromatic rings. The van der Waals surface area contributed by atoms with Crippen molar-refractivity contribution < 1.29 is 9.90 Å². The number of benzene rings is 1. The molecule has 1 atom stereocenters. The van der Waals surface area contributed by atoms with E-state index in [1.807, 2.05) is 0 Å². The molecule has 8 nitrogen and oxygen atoms in total. The lowest BCUT2D eigenvalue weighted by molar-refractivity contribution is 0.102. The molecule has 1 aromatic carbocycles. The smallest absolute Gasteiger partial charge is 0.228 e. The number of aliphatic hydroxyl groups excluding tert-OH is 1. The first-order valence-electron chi connectivity index (χ1n) is 7.73. The van der Waals surface area contributed by atoms with Crippen LogP contribution >= 0.6 is 0 Å². The van der Waals surface area contributed by atoms with Crippen LogP contribution in [0.3, 0.4) is 0 Å². The monoisotopic (exact) mass is 338 g/mol. The van der Waals surface area contributed by atoms with Crippen molar-refractivity contribution in [3.63, 3.8) is 0 Å². The molecule has 1 unspecified atom stereocenters. The molecule has 0 amide bonds. The SMILES string of the molecule is CC(O)CNc1nccc(-n2ccnc2C(=O)c2ccc(N)cc2)n1. The molecule has 0 saturated carbocycles. The first-order chi connectivity index (χ1) is 12.0. The molecule has 0 spiro atoms. The molecule has 0 fully saturated rings. The van der Waals surface area contributed by atoms with Gasteiger partial charge in [0.05, 0.1) is 6.10 Å². The number of rotatable bonds is 6. The maximum atomic E-state index is 12.7. The van der Waals surface area contributed by atoms with Crippen LogP contribution in [-0.2, 0) is 0 Å². The van der Waals surface area contributed by atoms with E-state index < -0.39 is 6.10 Å². The lowest BCUT2D eigenvalue weighted by Crippen LogP contribution is -2.17. The summed E-state index contributed by atoms with van der Waals surface area (Å²) in [6.07, 6.45) is 4.24. The van der Waals surface area contributed by atoms with Gasteiger partial charge in [-0.25, -0.2) is 9.97 Å². The Morgan fingerprint density at radius 1 is 1.24 bits per heavy atom. The van der Waals surface area contributed by atoms with Gasteiger partial charge in [-0.3, -0.25) is 9.36 Å². The van der Waals surface area contributed by atoms with Gasteiger partial charge in [-0.1, -0.05) is 0 Å². The van der Waals surface area contributed by atoms with Crippen molar-refractivity contribution in [2.45, 2.75) is 13.0 Å². The van der Waals surface area contributed by atoms with E-state index in [1.165, 1.54) is 6.20 Å². The molecule has 0 saturated heterocycles. The van der Waals surface area contributed by atoms with Crippen LogP contribution < -0.4 is 11.1 Å². The van der Waals surface area contributed by atoms with Crippen molar-refractivity contribution in [3.05, 3.63) is 60.3 Å². The highest BCUT2D eigenvalue weighted by atomic mass is 16.3. The Morgan fingerprint density at radius 2 is 2.00 bits per heavy atom. The summed E-state index contributed by atoms with van der Waals surface area (Å²) in [5, 5.41) is 12.3. The standard InChI is InChI=1S/C17H18N6O2/c1-11(24)10-21-17-20-7-6-14(22-17)23-9-8-19-16(23)15(25)12-2-4-13(18)5-3-12/h2-9,11,24H,10,18H2,1H3,(H,20,21,22). The molecule has 25 heavy (non-hydrogen) atoms. The van der Waals surface area contributed by atoms with Gasteiger partial charge in [0.15, 0.2) is 5.82 Å². The Hall–Kier alpha value is -3.26. The minimum atomic E-state index is -0.525. The summed E-state index contributed by atoms with van der Waals surface area (Å²) in [7, 11) is 0. The van der Waals surface area contributed by atoms with Gasteiger partial charge in [0.25, 0.3) is 0 Å². The van der Waals surface area contributed by atoms with Crippen molar-refractivity contribution in [2.75, 3.05) is 17.6 Å². The number of carbonyl (C=O) groups excluding carboxylic acids is 1. The molecule has 2 heterocycles. The number of imidazole rings is 1. The Labute approximate surface area is 144 Å². The van der Waals surface area contributed by atoms with Gasteiger partial charge in [-0.15, -0.1) is 0 Å². The summed E-state index contributed by atoms with van der Waals surface area (Å²) in [6, 6.07) is 8.33. The van der Waals surface area contributed by atoms with Gasteiger partial charge >= 0.3 is 0 Å². The van der Waals surface area contributed by atoms with Crippen LogP contribution in [0.4, 0.5) is 11.6 Å². The average Bonchev–Trinajstić information content (AvgIpc) is 3.10. The van der Waals surface area contributed by atoms with Crippen molar-refractivity contribution >= 4 is 17.4 Å². The van der Waals surface area contributed by atoms with Crippen LogP contribution in [0.15, 0.2) is 48.9 Å². The minimum absolute atomic E-state index is 0.234. The first kappa shape index (κ1) is 16.6. The zero-order chi connectivity index (χ0) is 17.8. The van der Waals surface area contributed by atoms with Gasteiger partial charge in [0, 0.05) is 36.4 Å². The Balaban J connectivity index is 1.90. The highest BCUT2D eigenvalue weighted by Crippen LogP contribution is 2.15. The van der Waals surface area contributed by atoms with Crippen LogP contribution in [0, 0.1) is 0 Å². The number of anilines is 2. The van der Waals surface area contributed by atoms with Crippen molar-refractivity contribution in [2.24, 2.45) is 0 Å². The lowest BCUT2D eigenvalue weighted by atomic mass is 10.1. The fraction of sp³-hybridized carbons (Fsp3) is 0.176. The third kappa shape index (κ3) is 3.81. The number of hydrogen-bond donors (Lipinski definition) is 3. The molecule has 0 bridgehead atoms. The third-order valence-corrected chi connectivity index (χ3v) is 3.46. The van der Waals surface area contributed by atoms with Gasteiger partial charge in [0.1, 0.15) is 5.82 Å². The molecular formula is C17H18N6O2. The molecule has 4 N–H and O–H groups in total. The molecule has 0 radical (unpaired) electrons. The molecule has 8 heteroatoms. The fourth-order valence-electron chi connectivity index (χ4n) is 2.23. The quantitative estimate of drug-likeness (QED) is 0.457. The number of carbonyl (C=O) groups is 1. The van der Waals surface area contributed by atoms with E-state index in [0.29, 0.717) is 29.6 Å². The topological polar surface area (TPSA) is 119 Å². The second-order valence-electron chi connectivity index (χ2n) is 5.54. The molecular weight excluding hydrogens is 320 g/mol. The van der Waals surface area contributed by atoms with Gasteiger partial charge in [-0.05, 0) is 37.3 Å². The van der Waals surface area contributed by atoms with Crippen LogP contribution in [0.2, 0.25) is 0 Å². The summed E-state index contributed by atoms with van der Waals surface area (Å²) < 4.78 is 1.59. The molecule has 0 aliphatic carbocycles. The van der Waals surface area contributed by atoms with E-state index in [4.69, 9.17) is 5.73 Å². The number of ketones is 1. The minimum Gasteiger partial charge on any atom is -0.399 e. The largest absolute Gasteiger partial charge is 0.399 e. The van der Waals surface area contributed by atoms with Gasteiger partial charge in [-0.2, -0.15) is 4.98 Å². The van der Waals surface area contributed by atoms with Crippen LogP contribution in [-0.4, -0.2) is 43.1 Å². The highest BCUT2D eigenvalue weighted by molar-refractivity contribution is 6.07. The predicted octanol–water partition coefficient (Wildman–Crippen LogP) is 1.27. The molecule has 2 aromatic heterocycles. The lowest BCUT2D eigenvalue weighted by Gasteiger charge is -2.10. The Kier molecular flexibility index (Phi) is 4.71. The Bertz CT molecular complexity index is 873. The molecule has 128 valence electrons. The second-order valence-corrected chi connectivity index (χ2v) is 5.54. The number of nitrogens with zero attached hydrogens (tertiary/aromatic N) is 4. The summed E-state index contributed by atoms with van der Waals surface area (Å²) in [4.78, 5) is 25.3. The van der Waals surface area contributed by atoms with E-state index in [9.17, 15) is 9.90 Å². The fourth-order valence-corrected chi connectivity index (χ4v) is 2.23. The maximum Gasteiger partial charge on any atom is 0.228 e. The van der Waals surface area contributed by atoms with Crippen LogP contribution in [0.1, 0.15) is 23.1 Å². The zero-order valence-corrected chi connectivity index (χ0v) is 13.6. The normalized spacial score (nSPS) is 11.9. The number of aromatic nitrogens is 4. The van der Waals surface area contributed by atoms with E-state index >= 15 is 0 Å². The van der Waals surface area contributed by atoms with E-state index in [0.717, 1.165) is 0 Å². The number of hydrogen-bond acceptors (Lipinski definition) is 7. The van der Waals surface area contributed by atoms with Crippen LogP contribution in [0.25, 0.3) is 5.82 Å². The predicted molar refractivity (Wildman–Crippen MR) is 93.6 cm³/mol. The summed E-state index contributed by atoms with van der Waals surface area (Å²) in [6.45, 7) is 1.99. The number of nitrogens with one attached hydrogen (secondary N) is 1. The number of nitrogen functional groups attached to an aromatic ring is 1. The molecule has 3 rings (SSSR count). The van der Waals surface area contributed by atoms with Crippen LogP contribution in [0.5, 0.6) is 0 Å². The summed E-state index contributed by atoms with van der Waals surface area (Å²) in [5.74, 6) is 0.865. The molecule has 0 aliphatic heterocycles. The highest BCUT2D eigenvalue weighted by Gasteiger charge is 2.17. The van der Waals surface area contributed by atoms with Crippen molar-refractivity contribution in [3.8, 4) is 5.82 Å².